The largest absolute Gasteiger partial charge is 0.496 e. The molecule has 10 heteroatoms. The van der Waals surface area contributed by atoms with Gasteiger partial charge in [-0.1, -0.05) is 60.7 Å². The van der Waals surface area contributed by atoms with Gasteiger partial charge in [-0.3, -0.25) is 0 Å². The van der Waals surface area contributed by atoms with Crippen molar-refractivity contribution in [3.63, 3.8) is 0 Å². The number of methoxy groups -OCH3 is 6. The van der Waals surface area contributed by atoms with Crippen LogP contribution in [0.2, 0.25) is 0 Å². The molecule has 4 atom stereocenters. The van der Waals surface area contributed by atoms with Crippen LogP contribution in [-0.4, -0.2) is 78.0 Å². The predicted molar refractivity (Wildman–Crippen MR) is 198 cm³/mol. The zero-order chi connectivity index (χ0) is 36.0. The quantitative estimate of drug-likeness (QED) is 0.143. The Hall–Kier alpha value is -4.62. The van der Waals surface area contributed by atoms with Gasteiger partial charge in [0.15, 0.2) is 0 Å². The fourth-order valence-electron chi connectivity index (χ4n) is 6.82. The van der Waals surface area contributed by atoms with E-state index in [1.165, 1.54) is 0 Å². The van der Waals surface area contributed by atoms with Crippen LogP contribution in [0.1, 0.15) is 37.8 Å². The Labute approximate surface area is 297 Å². The molecule has 0 spiro atoms. The van der Waals surface area contributed by atoms with Gasteiger partial charge in [-0.25, -0.2) is 4.79 Å². The van der Waals surface area contributed by atoms with Crippen LogP contribution in [0.5, 0.6) is 34.5 Å². The number of hydrogen-bond acceptors (Lipinski definition) is 8. The second-order valence-electron chi connectivity index (χ2n) is 13.0. The molecule has 1 aliphatic rings. The summed E-state index contributed by atoms with van der Waals surface area (Å²) in [6.45, 7) is 6.52. The summed E-state index contributed by atoms with van der Waals surface area (Å²) >= 11 is 0. The van der Waals surface area contributed by atoms with Crippen LogP contribution in [0.25, 0.3) is 0 Å². The number of carbonyl (C=O) groups is 1. The van der Waals surface area contributed by atoms with Crippen molar-refractivity contribution in [3.8, 4) is 34.5 Å². The highest BCUT2D eigenvalue weighted by molar-refractivity contribution is 7.74. The Morgan fingerprint density at radius 2 is 1.16 bits per heavy atom. The monoisotopic (exact) mass is 701 g/mol. The maximum atomic E-state index is 14.0. The number of ether oxygens (including phenoxy) is 7. The molecule has 9 nitrogen and oxygen atoms in total. The number of amides is 1. The normalized spacial score (nSPS) is 17.0. The topological polar surface area (TPSA) is 84.9 Å². The van der Waals surface area contributed by atoms with Crippen molar-refractivity contribution in [3.05, 3.63) is 96.1 Å². The van der Waals surface area contributed by atoms with Gasteiger partial charge < -0.3 is 38.1 Å². The average Bonchev–Trinajstić information content (AvgIpc) is 3.56. The highest BCUT2D eigenvalue weighted by Gasteiger charge is 2.48. The molecule has 0 bridgehead atoms. The van der Waals surface area contributed by atoms with E-state index in [0.29, 0.717) is 47.6 Å². The molecule has 1 fully saturated rings. The van der Waals surface area contributed by atoms with Gasteiger partial charge in [-0.15, -0.1) is 0 Å². The second kappa shape index (κ2) is 15.9. The summed E-state index contributed by atoms with van der Waals surface area (Å²) < 4.78 is 41.6. The highest BCUT2D eigenvalue weighted by atomic mass is 31.1. The molecule has 4 aromatic carbocycles. The Balaban J connectivity index is 1.83. The lowest BCUT2D eigenvalue weighted by Crippen LogP contribution is -2.36. The van der Waals surface area contributed by atoms with Gasteiger partial charge in [0.05, 0.1) is 48.0 Å². The standard InChI is InChI=1S/C40H48NO8P/c1-40(2,3)49-39(42)41-24-30(36(26-16-12-10-13-17-26)37-31(45-6)20-27(43-4)21-32(37)46-7)35(25-41)50(29-18-14-11-15-19-29)38-33(47-8)22-28(44-5)23-34(38)48-9/h10-23,30,35-36H,24-25H2,1-9H3/t30-,35-,36?,50?/m1/s1. The third-order valence-corrected chi connectivity index (χ3v) is 11.9. The van der Waals surface area contributed by atoms with Crippen molar-refractivity contribution in [1.82, 2.24) is 4.90 Å². The van der Waals surface area contributed by atoms with Crippen molar-refractivity contribution >= 4 is 24.6 Å². The number of carbonyl (C=O) groups excluding carboxylic acids is 1. The molecule has 0 saturated carbocycles. The van der Waals surface area contributed by atoms with E-state index < -0.39 is 13.5 Å². The van der Waals surface area contributed by atoms with Crippen LogP contribution in [0, 0.1) is 5.92 Å². The Morgan fingerprint density at radius 3 is 1.62 bits per heavy atom. The average molecular weight is 702 g/mol. The third kappa shape index (κ3) is 7.73. The zero-order valence-electron chi connectivity index (χ0n) is 30.4. The minimum Gasteiger partial charge on any atom is -0.496 e. The third-order valence-electron chi connectivity index (χ3n) is 8.93. The molecule has 1 heterocycles. The van der Waals surface area contributed by atoms with E-state index >= 15 is 0 Å². The summed E-state index contributed by atoms with van der Waals surface area (Å²) in [5.74, 6) is 3.40. The van der Waals surface area contributed by atoms with Crippen LogP contribution < -0.4 is 39.0 Å². The summed E-state index contributed by atoms with van der Waals surface area (Å²) in [6.07, 6.45) is -0.359. The van der Waals surface area contributed by atoms with Crippen LogP contribution >= 0.6 is 7.92 Å². The molecular weight excluding hydrogens is 653 g/mol. The van der Waals surface area contributed by atoms with Gasteiger partial charge in [0.25, 0.3) is 0 Å². The van der Waals surface area contributed by atoms with E-state index in [1.807, 2.05) is 86.3 Å². The molecule has 50 heavy (non-hydrogen) atoms. The lowest BCUT2D eigenvalue weighted by atomic mass is 9.79. The SMILES string of the molecule is COc1cc(OC)c(C(c2ccccc2)[C@@H]2CN(C(=O)OC(C)(C)C)C[C@H]2P(c2ccccc2)c2c(OC)cc(OC)cc2OC)c(OC)c1. The van der Waals surface area contributed by atoms with E-state index in [1.54, 1.807) is 42.7 Å². The Kier molecular flexibility index (Phi) is 11.7. The van der Waals surface area contributed by atoms with Gasteiger partial charge in [0, 0.05) is 54.5 Å². The van der Waals surface area contributed by atoms with Gasteiger partial charge in [-0.2, -0.15) is 0 Å². The minimum absolute atomic E-state index is 0.113. The van der Waals surface area contributed by atoms with Crippen LogP contribution in [0.3, 0.4) is 0 Å². The van der Waals surface area contributed by atoms with Crippen molar-refractivity contribution in [2.24, 2.45) is 5.92 Å². The summed E-state index contributed by atoms with van der Waals surface area (Å²) in [4.78, 5) is 15.8. The van der Waals surface area contributed by atoms with Crippen molar-refractivity contribution in [1.29, 1.82) is 0 Å². The molecule has 0 radical (unpaired) electrons. The molecule has 1 saturated heterocycles. The maximum Gasteiger partial charge on any atom is 0.410 e. The molecular formula is C40H48NO8P. The maximum absolute atomic E-state index is 14.0. The molecule has 0 N–H and O–H groups in total. The Bertz CT molecular complexity index is 1580. The van der Waals surface area contributed by atoms with E-state index in [9.17, 15) is 4.79 Å². The zero-order valence-corrected chi connectivity index (χ0v) is 31.3. The summed E-state index contributed by atoms with van der Waals surface area (Å²) in [5, 5.41) is 2.05. The minimum atomic E-state index is -1.26. The first-order chi connectivity index (χ1) is 24.1. The molecule has 5 rings (SSSR count). The molecule has 0 aromatic heterocycles. The summed E-state index contributed by atoms with van der Waals surface area (Å²) in [5.41, 5.74) is 1.16. The number of likely N-dealkylation sites (tertiary alicyclic amines) is 1. The number of nitrogens with zero attached hydrogens (tertiary/aromatic N) is 1. The van der Waals surface area contributed by atoms with E-state index in [-0.39, 0.29) is 23.6 Å². The van der Waals surface area contributed by atoms with Gasteiger partial charge in [0.1, 0.15) is 40.1 Å². The fraction of sp³-hybridized carbons (Fsp3) is 0.375. The highest BCUT2D eigenvalue weighted by Crippen LogP contribution is 2.57. The first kappa shape index (κ1) is 36.7. The fourth-order valence-corrected chi connectivity index (χ4v) is 10.1. The molecule has 0 aliphatic carbocycles. The molecule has 4 aromatic rings. The lowest BCUT2D eigenvalue weighted by molar-refractivity contribution is 0.0287. The Morgan fingerprint density at radius 1 is 0.680 bits per heavy atom. The molecule has 2 unspecified atom stereocenters. The van der Waals surface area contributed by atoms with E-state index in [0.717, 1.165) is 21.7 Å². The van der Waals surface area contributed by atoms with Crippen molar-refractivity contribution in [2.75, 3.05) is 55.7 Å². The van der Waals surface area contributed by atoms with Gasteiger partial charge in [-0.05, 0) is 45.5 Å². The number of rotatable bonds is 12. The van der Waals surface area contributed by atoms with Crippen LogP contribution in [0.15, 0.2) is 84.9 Å². The second-order valence-corrected chi connectivity index (χ2v) is 15.4. The summed E-state index contributed by atoms with van der Waals surface area (Å²) in [7, 11) is 8.62. The first-order valence-electron chi connectivity index (χ1n) is 16.5. The van der Waals surface area contributed by atoms with Crippen LogP contribution in [-0.2, 0) is 4.74 Å². The number of hydrogen-bond donors (Lipinski definition) is 0. The van der Waals surface area contributed by atoms with Gasteiger partial charge >= 0.3 is 6.09 Å². The van der Waals surface area contributed by atoms with Crippen molar-refractivity contribution < 1.29 is 38.0 Å². The molecule has 1 amide bonds. The summed E-state index contributed by atoms with van der Waals surface area (Å²) in [6, 6.07) is 28.3. The lowest BCUT2D eigenvalue weighted by Gasteiger charge is -2.36. The van der Waals surface area contributed by atoms with Crippen LogP contribution in [0.4, 0.5) is 4.79 Å². The molecule has 266 valence electrons. The predicted octanol–water partition coefficient (Wildman–Crippen LogP) is 7.24. The number of benzene rings is 4. The van der Waals surface area contributed by atoms with E-state index in [4.69, 9.17) is 33.2 Å². The van der Waals surface area contributed by atoms with Crippen molar-refractivity contribution in [2.45, 2.75) is 37.9 Å². The smallest absolute Gasteiger partial charge is 0.410 e. The van der Waals surface area contributed by atoms with Gasteiger partial charge in [0.2, 0.25) is 0 Å². The molecule has 1 aliphatic heterocycles. The van der Waals surface area contributed by atoms with E-state index in [2.05, 4.69) is 24.3 Å². The first-order valence-corrected chi connectivity index (χ1v) is 18.0.